The number of hydrogen-bond donors (Lipinski definition) is 0. The molecule has 5 aromatic carbocycles. The first-order valence-electron chi connectivity index (χ1n) is 12.4. The third-order valence-electron chi connectivity index (χ3n) is 8.17. The molecule has 0 atom stereocenters. The highest BCUT2D eigenvalue weighted by Crippen LogP contribution is 2.67. The zero-order chi connectivity index (χ0) is 27.2. The molecule has 5 aromatic rings. The molecule has 7 heteroatoms. The van der Waals surface area contributed by atoms with E-state index in [9.17, 15) is 21.6 Å². The number of alkyl halides is 3. The number of benzene rings is 5. The first kappa shape index (κ1) is 24.0. The molecule has 2 aliphatic rings. The summed E-state index contributed by atoms with van der Waals surface area (Å²) in [5.41, 5.74) is -2.35. The molecule has 0 aromatic heterocycles. The van der Waals surface area contributed by atoms with Gasteiger partial charge in [-0.05, 0) is 67.1 Å². The average molecular weight is 543 g/mol. The molecule has 0 saturated carbocycles. The minimum atomic E-state index is -5.56. The molecule has 2 aliphatic carbocycles. The van der Waals surface area contributed by atoms with Gasteiger partial charge >= 0.3 is 5.51 Å². The van der Waals surface area contributed by atoms with Crippen LogP contribution in [0.5, 0.6) is 5.75 Å². The van der Waals surface area contributed by atoms with Gasteiger partial charge in [0.15, 0.2) is 0 Å². The molecular formula is C32H21F3O3S. The standard InChI is InChI=1S/C32H21F3O3S/c1-38-22-14-10-21(11-15-22)30-27(39(36,37)32(33,34)35)18-31(30)25-16-12-19-6-2-4-8-23(19)28(25)29-24-9-5-3-7-20(24)13-17-26(29)31/h2-17H,18H2,1H3. The summed E-state index contributed by atoms with van der Waals surface area (Å²) in [4.78, 5) is -0.583. The zero-order valence-corrected chi connectivity index (χ0v) is 21.5. The summed E-state index contributed by atoms with van der Waals surface area (Å²) in [5, 5.41) is 3.96. The molecule has 0 unspecified atom stereocenters. The van der Waals surface area contributed by atoms with Crippen LogP contribution in [0.2, 0.25) is 0 Å². The Labute approximate surface area is 223 Å². The summed E-state index contributed by atoms with van der Waals surface area (Å²) in [6.45, 7) is 0. The van der Waals surface area contributed by atoms with Crippen molar-refractivity contribution < 1.29 is 26.3 Å². The number of methoxy groups -OCH3 is 1. The lowest BCUT2D eigenvalue weighted by atomic mass is 9.60. The van der Waals surface area contributed by atoms with Crippen LogP contribution in [0.15, 0.2) is 102 Å². The Morgan fingerprint density at radius 2 is 1.23 bits per heavy atom. The van der Waals surface area contributed by atoms with E-state index in [1.165, 1.54) is 7.11 Å². The minimum absolute atomic E-state index is 0.174. The van der Waals surface area contributed by atoms with Gasteiger partial charge in [-0.25, -0.2) is 8.42 Å². The van der Waals surface area contributed by atoms with Crippen LogP contribution in [0.3, 0.4) is 0 Å². The number of allylic oxidation sites excluding steroid dienone is 2. The summed E-state index contributed by atoms with van der Waals surface area (Å²) in [6, 6.07) is 30.2. The van der Waals surface area contributed by atoms with E-state index < -0.39 is 25.7 Å². The topological polar surface area (TPSA) is 43.4 Å². The summed E-state index contributed by atoms with van der Waals surface area (Å²) < 4.78 is 73.0. The summed E-state index contributed by atoms with van der Waals surface area (Å²) in [6.07, 6.45) is -0.271. The molecule has 194 valence electrons. The van der Waals surface area contributed by atoms with Crippen molar-refractivity contribution in [1.82, 2.24) is 0 Å². The van der Waals surface area contributed by atoms with Gasteiger partial charge < -0.3 is 4.74 Å². The molecule has 0 amide bonds. The van der Waals surface area contributed by atoms with E-state index in [-0.39, 0.29) is 12.0 Å². The fourth-order valence-electron chi connectivity index (χ4n) is 6.48. The van der Waals surface area contributed by atoms with Crippen LogP contribution in [0.4, 0.5) is 13.2 Å². The number of fused-ring (bicyclic) bond motifs is 9. The third kappa shape index (κ3) is 3.08. The van der Waals surface area contributed by atoms with E-state index >= 15 is 0 Å². The van der Waals surface area contributed by atoms with Gasteiger partial charge in [-0.3, -0.25) is 0 Å². The van der Waals surface area contributed by atoms with Crippen LogP contribution in [0, 0.1) is 0 Å². The molecule has 0 bridgehead atoms. The van der Waals surface area contributed by atoms with Crippen LogP contribution in [-0.4, -0.2) is 21.0 Å². The highest BCUT2D eigenvalue weighted by Gasteiger charge is 2.61. The fourth-order valence-corrected chi connectivity index (χ4v) is 7.73. The molecule has 7 rings (SSSR count). The molecular weight excluding hydrogens is 521 g/mol. The fraction of sp³-hybridized carbons (Fsp3) is 0.125. The van der Waals surface area contributed by atoms with Crippen molar-refractivity contribution in [3.05, 3.63) is 119 Å². The lowest BCUT2D eigenvalue weighted by Crippen LogP contribution is -2.42. The Balaban J connectivity index is 1.64. The first-order chi connectivity index (χ1) is 18.7. The quantitative estimate of drug-likeness (QED) is 0.232. The van der Waals surface area contributed by atoms with Crippen molar-refractivity contribution in [1.29, 1.82) is 0 Å². The maximum Gasteiger partial charge on any atom is 0.501 e. The van der Waals surface area contributed by atoms with E-state index in [1.54, 1.807) is 24.3 Å². The molecule has 39 heavy (non-hydrogen) atoms. The summed E-state index contributed by atoms with van der Waals surface area (Å²) in [5.74, 6) is 0.525. The van der Waals surface area contributed by atoms with E-state index in [0.29, 0.717) is 11.3 Å². The maximum atomic E-state index is 14.0. The van der Waals surface area contributed by atoms with Crippen LogP contribution in [0.1, 0.15) is 23.1 Å². The van der Waals surface area contributed by atoms with E-state index in [0.717, 1.165) is 43.8 Å². The Hall–Kier alpha value is -4.10. The van der Waals surface area contributed by atoms with Gasteiger partial charge in [-0.15, -0.1) is 0 Å². The minimum Gasteiger partial charge on any atom is -0.497 e. The molecule has 3 nitrogen and oxygen atoms in total. The summed E-state index contributed by atoms with van der Waals surface area (Å²) in [7, 11) is -4.06. The maximum absolute atomic E-state index is 14.0. The van der Waals surface area contributed by atoms with Gasteiger partial charge in [0.05, 0.1) is 17.4 Å². The van der Waals surface area contributed by atoms with E-state index in [1.807, 2.05) is 72.8 Å². The lowest BCUT2D eigenvalue weighted by molar-refractivity contribution is -0.0428. The van der Waals surface area contributed by atoms with Crippen LogP contribution >= 0.6 is 0 Å². The highest BCUT2D eigenvalue weighted by molar-refractivity contribution is 7.96. The van der Waals surface area contributed by atoms with Crippen molar-refractivity contribution in [2.45, 2.75) is 17.3 Å². The number of hydrogen-bond acceptors (Lipinski definition) is 3. The molecule has 0 heterocycles. The van der Waals surface area contributed by atoms with Crippen LogP contribution in [-0.2, 0) is 15.3 Å². The molecule has 0 aliphatic heterocycles. The predicted molar refractivity (Wildman–Crippen MR) is 147 cm³/mol. The first-order valence-corrected chi connectivity index (χ1v) is 13.9. The van der Waals surface area contributed by atoms with Crippen molar-refractivity contribution >= 4 is 37.0 Å². The van der Waals surface area contributed by atoms with Gasteiger partial charge in [-0.1, -0.05) is 84.9 Å². The third-order valence-corrected chi connectivity index (χ3v) is 9.77. The molecule has 0 saturated heterocycles. The summed E-state index contributed by atoms with van der Waals surface area (Å²) >= 11 is 0. The Bertz CT molecular complexity index is 1890. The van der Waals surface area contributed by atoms with E-state index in [4.69, 9.17) is 4.74 Å². The van der Waals surface area contributed by atoms with Crippen molar-refractivity contribution in [2.75, 3.05) is 7.11 Å². The number of ether oxygens (including phenoxy) is 1. The molecule has 0 N–H and O–H groups in total. The zero-order valence-electron chi connectivity index (χ0n) is 20.7. The van der Waals surface area contributed by atoms with Crippen LogP contribution < -0.4 is 4.74 Å². The Morgan fingerprint density at radius 3 is 1.72 bits per heavy atom. The van der Waals surface area contributed by atoms with Crippen LogP contribution in [0.25, 0.3) is 38.2 Å². The van der Waals surface area contributed by atoms with Gasteiger partial charge in [0, 0.05) is 6.42 Å². The molecule has 1 spiro atoms. The second kappa shape index (κ2) is 7.96. The normalized spacial score (nSPS) is 15.9. The van der Waals surface area contributed by atoms with Crippen molar-refractivity contribution in [3.63, 3.8) is 0 Å². The van der Waals surface area contributed by atoms with Gasteiger partial charge in [0.1, 0.15) is 5.75 Å². The SMILES string of the molecule is COc1ccc(C2=C(S(=O)(=O)C(F)(F)F)CC23c2ccc4ccccc4c2-c2c3ccc3ccccc23)cc1. The largest absolute Gasteiger partial charge is 0.501 e. The Kier molecular flexibility index (Phi) is 4.89. The molecule has 0 fully saturated rings. The van der Waals surface area contributed by atoms with E-state index in [2.05, 4.69) is 0 Å². The lowest BCUT2D eigenvalue weighted by Gasteiger charge is -2.45. The number of rotatable bonds is 3. The van der Waals surface area contributed by atoms with Gasteiger partial charge in [0.2, 0.25) is 0 Å². The Morgan fingerprint density at radius 1 is 0.718 bits per heavy atom. The average Bonchev–Trinajstić information content (AvgIpc) is 3.24. The van der Waals surface area contributed by atoms with Gasteiger partial charge in [0.25, 0.3) is 9.84 Å². The smallest absolute Gasteiger partial charge is 0.497 e. The van der Waals surface area contributed by atoms with Gasteiger partial charge in [-0.2, -0.15) is 13.2 Å². The monoisotopic (exact) mass is 542 g/mol. The predicted octanol–water partition coefficient (Wildman–Crippen LogP) is 8.02. The van der Waals surface area contributed by atoms with Crippen molar-refractivity contribution in [2.24, 2.45) is 0 Å². The second-order valence-corrected chi connectivity index (χ2v) is 11.9. The number of sulfone groups is 1. The second-order valence-electron chi connectivity index (χ2n) is 9.98. The van der Waals surface area contributed by atoms with Crippen molar-refractivity contribution in [3.8, 4) is 16.9 Å². The highest BCUT2D eigenvalue weighted by atomic mass is 32.2. The number of halogens is 3. The molecule has 0 radical (unpaired) electrons.